The topological polar surface area (TPSA) is 31.2 Å². The zero-order valence-corrected chi connectivity index (χ0v) is 15.6. The lowest BCUT2D eigenvalue weighted by molar-refractivity contribution is -0.138. The van der Waals surface area contributed by atoms with Gasteiger partial charge in [-0.2, -0.15) is 13.2 Å². The molecule has 6 heteroatoms. The van der Waals surface area contributed by atoms with Gasteiger partial charge in [0.15, 0.2) is 0 Å². The van der Waals surface area contributed by atoms with Gasteiger partial charge in [-0.05, 0) is 60.9 Å². The molecule has 0 radical (unpaired) electrons. The number of fused-ring (bicyclic) bond motifs is 1. The largest absolute Gasteiger partial charge is 0.463 e. The van der Waals surface area contributed by atoms with Crippen molar-refractivity contribution < 1.29 is 22.7 Å². The van der Waals surface area contributed by atoms with E-state index in [0.717, 1.165) is 39.7 Å². The molecular weight excluding hydrogens is 367 g/mol. The van der Waals surface area contributed by atoms with Crippen molar-refractivity contribution in [3.63, 3.8) is 0 Å². The standard InChI is InChI=1S/C22H20F3NO2/c1-3-28-21(27)12-15(2)17-6-9-20-18(13-17)10-11-26(20)14-16-4-7-19(8-5-16)22(23,24)25/h4-13H,3,14H2,1-2H3/b15-12+. The molecule has 0 saturated heterocycles. The van der Waals surface area contributed by atoms with Crippen molar-refractivity contribution in [3.8, 4) is 0 Å². The van der Waals surface area contributed by atoms with Crippen LogP contribution in [0.15, 0.2) is 60.8 Å². The second-order valence-electron chi connectivity index (χ2n) is 6.49. The van der Waals surface area contributed by atoms with Gasteiger partial charge in [0.2, 0.25) is 0 Å². The summed E-state index contributed by atoms with van der Waals surface area (Å²) in [7, 11) is 0. The Labute approximate surface area is 161 Å². The van der Waals surface area contributed by atoms with Crippen LogP contribution in [0.25, 0.3) is 16.5 Å². The Bertz CT molecular complexity index is 1010. The number of hydrogen-bond acceptors (Lipinski definition) is 2. The molecule has 3 nitrogen and oxygen atoms in total. The molecule has 0 aliphatic rings. The van der Waals surface area contributed by atoms with E-state index in [-0.39, 0.29) is 5.97 Å². The van der Waals surface area contributed by atoms with Crippen molar-refractivity contribution in [2.24, 2.45) is 0 Å². The van der Waals surface area contributed by atoms with Crippen LogP contribution in [0.3, 0.4) is 0 Å². The number of halogens is 3. The van der Waals surface area contributed by atoms with Gasteiger partial charge in [0.25, 0.3) is 0 Å². The predicted molar refractivity (Wildman–Crippen MR) is 103 cm³/mol. The maximum atomic E-state index is 12.7. The van der Waals surface area contributed by atoms with Crippen molar-refractivity contribution in [2.75, 3.05) is 6.61 Å². The van der Waals surface area contributed by atoms with Gasteiger partial charge in [0, 0.05) is 29.7 Å². The first-order valence-corrected chi connectivity index (χ1v) is 8.88. The first kappa shape index (κ1) is 19.7. The van der Waals surface area contributed by atoms with E-state index in [1.807, 2.05) is 42.0 Å². The molecule has 3 rings (SSSR count). The molecule has 1 heterocycles. The fourth-order valence-electron chi connectivity index (χ4n) is 3.02. The number of allylic oxidation sites excluding steroid dienone is 1. The molecule has 146 valence electrons. The highest BCUT2D eigenvalue weighted by Gasteiger charge is 2.29. The van der Waals surface area contributed by atoms with E-state index in [4.69, 9.17) is 4.74 Å². The molecule has 0 spiro atoms. The third-order valence-electron chi connectivity index (χ3n) is 4.48. The Morgan fingerprint density at radius 1 is 1.11 bits per heavy atom. The molecule has 0 unspecified atom stereocenters. The van der Waals surface area contributed by atoms with Gasteiger partial charge in [0.05, 0.1) is 12.2 Å². The van der Waals surface area contributed by atoms with Gasteiger partial charge < -0.3 is 9.30 Å². The number of hydrogen-bond donors (Lipinski definition) is 0. The molecular formula is C22H20F3NO2. The van der Waals surface area contributed by atoms with Crippen molar-refractivity contribution in [1.82, 2.24) is 4.57 Å². The molecule has 0 saturated carbocycles. The SMILES string of the molecule is CCOC(=O)/C=C(\C)c1ccc2c(ccn2Cc2ccc(C(F)(F)F)cc2)c1. The molecule has 0 bridgehead atoms. The lowest BCUT2D eigenvalue weighted by Crippen LogP contribution is -2.05. The Kier molecular flexibility index (Phi) is 5.58. The highest BCUT2D eigenvalue weighted by atomic mass is 19.4. The van der Waals surface area contributed by atoms with Crippen LogP contribution in [0.1, 0.15) is 30.5 Å². The lowest BCUT2D eigenvalue weighted by Gasteiger charge is -2.10. The van der Waals surface area contributed by atoms with Crippen LogP contribution in [0.5, 0.6) is 0 Å². The van der Waals surface area contributed by atoms with Crippen LogP contribution in [-0.4, -0.2) is 17.1 Å². The molecule has 28 heavy (non-hydrogen) atoms. The molecule has 1 aromatic heterocycles. The van der Waals surface area contributed by atoms with E-state index in [1.54, 1.807) is 6.92 Å². The number of alkyl halides is 3. The van der Waals surface area contributed by atoms with Crippen molar-refractivity contribution in [2.45, 2.75) is 26.6 Å². The summed E-state index contributed by atoms with van der Waals surface area (Å²) in [6, 6.07) is 13.0. The van der Waals surface area contributed by atoms with Crippen LogP contribution in [0, 0.1) is 0 Å². The normalized spacial score (nSPS) is 12.4. The average molecular weight is 387 g/mol. The molecule has 0 aliphatic heterocycles. The minimum absolute atomic E-state index is 0.328. The number of esters is 1. The minimum atomic E-state index is -4.33. The van der Waals surface area contributed by atoms with Gasteiger partial charge in [-0.1, -0.05) is 18.2 Å². The van der Waals surface area contributed by atoms with E-state index in [2.05, 4.69) is 0 Å². The highest BCUT2D eigenvalue weighted by molar-refractivity contribution is 5.92. The fourth-order valence-corrected chi connectivity index (χ4v) is 3.02. The van der Waals surface area contributed by atoms with Crippen molar-refractivity contribution in [1.29, 1.82) is 0 Å². The third kappa shape index (κ3) is 4.44. The van der Waals surface area contributed by atoms with Crippen LogP contribution in [-0.2, 0) is 22.3 Å². The molecule has 0 amide bonds. The molecule has 0 aliphatic carbocycles. The quantitative estimate of drug-likeness (QED) is 0.417. The Morgan fingerprint density at radius 3 is 2.46 bits per heavy atom. The number of ether oxygens (including phenoxy) is 1. The van der Waals surface area contributed by atoms with E-state index in [0.29, 0.717) is 13.2 Å². The number of rotatable bonds is 5. The average Bonchev–Trinajstić information content (AvgIpc) is 3.03. The van der Waals surface area contributed by atoms with E-state index >= 15 is 0 Å². The van der Waals surface area contributed by atoms with Gasteiger partial charge in [-0.3, -0.25) is 0 Å². The second-order valence-corrected chi connectivity index (χ2v) is 6.49. The van der Waals surface area contributed by atoms with Gasteiger partial charge in [-0.25, -0.2) is 4.79 Å². The number of carbonyl (C=O) groups is 1. The minimum Gasteiger partial charge on any atom is -0.463 e. The molecule has 0 atom stereocenters. The molecule has 0 N–H and O–H groups in total. The Morgan fingerprint density at radius 2 is 1.82 bits per heavy atom. The molecule has 0 fully saturated rings. The summed E-state index contributed by atoms with van der Waals surface area (Å²) in [5.41, 5.74) is 2.81. The van der Waals surface area contributed by atoms with Gasteiger partial charge >= 0.3 is 12.1 Å². The number of aromatic nitrogens is 1. The van der Waals surface area contributed by atoms with Crippen LogP contribution < -0.4 is 0 Å². The monoisotopic (exact) mass is 387 g/mol. The van der Waals surface area contributed by atoms with Crippen LogP contribution in [0.4, 0.5) is 13.2 Å². The molecule has 2 aromatic carbocycles. The summed E-state index contributed by atoms with van der Waals surface area (Å²) < 4.78 is 45.0. The number of nitrogens with zero attached hydrogens (tertiary/aromatic N) is 1. The van der Waals surface area contributed by atoms with Gasteiger partial charge in [0.1, 0.15) is 0 Å². The first-order chi connectivity index (χ1) is 13.3. The number of carbonyl (C=O) groups excluding carboxylic acids is 1. The van der Waals surface area contributed by atoms with Crippen molar-refractivity contribution >= 4 is 22.4 Å². The highest BCUT2D eigenvalue weighted by Crippen LogP contribution is 2.29. The zero-order chi connectivity index (χ0) is 20.3. The lowest BCUT2D eigenvalue weighted by atomic mass is 10.1. The second kappa shape index (κ2) is 7.92. The summed E-state index contributed by atoms with van der Waals surface area (Å²) in [6.07, 6.45) is -0.968. The summed E-state index contributed by atoms with van der Waals surface area (Å²) in [5.74, 6) is -0.375. The van der Waals surface area contributed by atoms with E-state index < -0.39 is 11.7 Å². The smallest absolute Gasteiger partial charge is 0.416 e. The maximum absolute atomic E-state index is 12.7. The fraction of sp³-hybridized carbons (Fsp3) is 0.227. The third-order valence-corrected chi connectivity index (χ3v) is 4.48. The maximum Gasteiger partial charge on any atom is 0.416 e. The van der Waals surface area contributed by atoms with Crippen molar-refractivity contribution in [3.05, 3.63) is 77.5 Å². The van der Waals surface area contributed by atoms with E-state index in [1.165, 1.54) is 18.2 Å². The summed E-state index contributed by atoms with van der Waals surface area (Å²) >= 11 is 0. The van der Waals surface area contributed by atoms with Gasteiger partial charge in [-0.15, -0.1) is 0 Å². The molecule has 3 aromatic rings. The van der Waals surface area contributed by atoms with Crippen LogP contribution in [0.2, 0.25) is 0 Å². The Balaban J connectivity index is 1.82. The zero-order valence-electron chi connectivity index (χ0n) is 15.6. The first-order valence-electron chi connectivity index (χ1n) is 8.88. The number of benzene rings is 2. The Hall–Kier alpha value is -3.02. The summed E-state index contributed by atoms with van der Waals surface area (Å²) in [4.78, 5) is 11.6. The van der Waals surface area contributed by atoms with E-state index in [9.17, 15) is 18.0 Å². The predicted octanol–water partition coefficient (Wildman–Crippen LogP) is 5.67. The summed E-state index contributed by atoms with van der Waals surface area (Å²) in [6.45, 7) is 4.40. The van der Waals surface area contributed by atoms with Crippen LogP contribution >= 0.6 is 0 Å². The summed E-state index contributed by atoms with van der Waals surface area (Å²) in [5, 5.41) is 0.987.